The first-order valence-corrected chi connectivity index (χ1v) is 11.5. The molecule has 0 saturated carbocycles. The van der Waals surface area contributed by atoms with Gasteiger partial charge < -0.3 is 20.3 Å². The van der Waals surface area contributed by atoms with Crippen LogP contribution >= 0.6 is 12.2 Å². The number of amides is 1. The second-order valence-electron chi connectivity index (χ2n) is 8.18. The van der Waals surface area contributed by atoms with E-state index in [4.69, 9.17) is 17.0 Å². The summed E-state index contributed by atoms with van der Waals surface area (Å²) in [6.07, 6.45) is 10.6. The maximum absolute atomic E-state index is 11.4. The van der Waals surface area contributed by atoms with E-state index in [-0.39, 0.29) is 12.0 Å². The Morgan fingerprint density at radius 2 is 2.03 bits per heavy atom. The van der Waals surface area contributed by atoms with Gasteiger partial charge in [0.25, 0.3) is 0 Å². The summed E-state index contributed by atoms with van der Waals surface area (Å²) in [5, 5.41) is 6.08. The molecule has 2 heterocycles. The van der Waals surface area contributed by atoms with Crippen LogP contribution in [0.4, 0.5) is 23.3 Å². The molecule has 0 radical (unpaired) electrons. The fourth-order valence-electron chi connectivity index (χ4n) is 3.88. The Morgan fingerprint density at radius 3 is 2.79 bits per heavy atom. The summed E-state index contributed by atoms with van der Waals surface area (Å²) < 4.78 is 6.11. The maximum atomic E-state index is 11.4. The number of hydrogen-bond donors (Lipinski definition) is 2. The van der Waals surface area contributed by atoms with Gasteiger partial charge in [0.15, 0.2) is 0 Å². The molecule has 4 rings (SSSR count). The normalized spacial score (nSPS) is 16.5. The predicted molar refractivity (Wildman–Crippen MR) is 134 cm³/mol. The van der Waals surface area contributed by atoms with Crippen molar-refractivity contribution in [3.05, 3.63) is 53.9 Å². The molecule has 1 aliphatic heterocycles. The summed E-state index contributed by atoms with van der Waals surface area (Å²) >= 11 is 5.27. The lowest BCUT2D eigenvalue weighted by Crippen LogP contribution is -2.38. The van der Waals surface area contributed by atoms with Gasteiger partial charge in [0.2, 0.25) is 17.8 Å². The van der Waals surface area contributed by atoms with E-state index in [0.717, 1.165) is 59.7 Å². The predicted octanol–water partition coefficient (Wildman–Crippen LogP) is 4.12. The molecule has 2 N–H and O–H groups in total. The van der Waals surface area contributed by atoms with Crippen molar-refractivity contribution in [2.24, 2.45) is 0 Å². The molecule has 0 bridgehead atoms. The molecule has 8 nitrogen and oxygen atoms in total. The molecule has 1 aromatic heterocycles. The second kappa shape index (κ2) is 10.6. The van der Waals surface area contributed by atoms with Crippen LogP contribution in [0.1, 0.15) is 31.7 Å². The zero-order chi connectivity index (χ0) is 23.2. The Labute approximate surface area is 199 Å². The number of thiocarbonyl (C=S) groups is 1. The lowest BCUT2D eigenvalue weighted by atomic mass is 10.1. The molecule has 33 heavy (non-hydrogen) atoms. The summed E-state index contributed by atoms with van der Waals surface area (Å²) in [6, 6.07) is 5.67. The van der Waals surface area contributed by atoms with Gasteiger partial charge in [-0.1, -0.05) is 30.4 Å². The van der Waals surface area contributed by atoms with Crippen molar-refractivity contribution in [3.63, 3.8) is 0 Å². The minimum atomic E-state index is -0.111. The second-order valence-corrected chi connectivity index (χ2v) is 8.71. The number of carbonyl (C=O) groups excluding carboxylic acids is 1. The quantitative estimate of drug-likeness (QED) is 0.591. The standard InChI is InChI=1S/C24H28N6O2S/c1-16-21(27-17(2)31)7-4-8-22(16)28-23-25-15-26-24(29-23)30-11-9-19(10-12-30)32-14-18-5-3-6-20(33)13-18/h3-5,7-8,13,15,19H,6,9-12,14H2,1-2H3,(H,27,31)(H,25,26,28,29). The molecule has 1 aromatic carbocycles. The fourth-order valence-corrected chi connectivity index (χ4v) is 4.13. The highest BCUT2D eigenvalue weighted by atomic mass is 32.1. The molecule has 0 atom stereocenters. The van der Waals surface area contributed by atoms with E-state index in [2.05, 4.69) is 42.6 Å². The van der Waals surface area contributed by atoms with Gasteiger partial charge in [0.05, 0.1) is 12.7 Å². The fraction of sp³-hybridized carbons (Fsp3) is 0.375. The average Bonchev–Trinajstić information content (AvgIpc) is 2.81. The number of carbonyl (C=O) groups is 1. The maximum Gasteiger partial charge on any atom is 0.232 e. The van der Waals surface area contributed by atoms with E-state index in [0.29, 0.717) is 18.5 Å². The molecule has 1 saturated heterocycles. The molecule has 0 spiro atoms. The number of hydrogen-bond acceptors (Lipinski definition) is 8. The van der Waals surface area contributed by atoms with Crippen LogP contribution in [0.15, 0.2) is 48.3 Å². The van der Waals surface area contributed by atoms with Crippen molar-refractivity contribution in [3.8, 4) is 0 Å². The van der Waals surface area contributed by atoms with Crippen molar-refractivity contribution >= 4 is 46.3 Å². The largest absolute Gasteiger partial charge is 0.373 e. The summed E-state index contributed by atoms with van der Waals surface area (Å²) in [5.74, 6) is 0.999. The number of nitrogens with one attached hydrogen (secondary N) is 2. The third kappa shape index (κ3) is 6.21. The van der Waals surface area contributed by atoms with Crippen molar-refractivity contribution in [1.29, 1.82) is 0 Å². The molecule has 9 heteroatoms. The number of aromatic nitrogens is 3. The third-order valence-corrected chi connectivity index (χ3v) is 5.94. The smallest absolute Gasteiger partial charge is 0.232 e. The number of allylic oxidation sites excluding steroid dienone is 2. The Kier molecular flexibility index (Phi) is 7.41. The summed E-state index contributed by atoms with van der Waals surface area (Å²) in [6.45, 7) is 5.66. The van der Waals surface area contributed by atoms with Crippen LogP contribution in [-0.4, -0.2) is 51.5 Å². The molecule has 2 aromatic rings. The Hall–Kier alpha value is -3.17. The lowest BCUT2D eigenvalue weighted by Gasteiger charge is -2.32. The van der Waals surface area contributed by atoms with Crippen molar-refractivity contribution in [2.45, 2.75) is 39.2 Å². The third-order valence-electron chi connectivity index (χ3n) is 5.66. The van der Waals surface area contributed by atoms with Gasteiger partial charge in [-0.25, -0.2) is 9.97 Å². The van der Waals surface area contributed by atoms with Crippen LogP contribution in [0, 0.1) is 6.92 Å². The van der Waals surface area contributed by atoms with Crippen LogP contribution in [0.3, 0.4) is 0 Å². The molecule has 0 unspecified atom stereocenters. The highest BCUT2D eigenvalue weighted by Gasteiger charge is 2.22. The monoisotopic (exact) mass is 464 g/mol. The van der Waals surface area contributed by atoms with Gasteiger partial charge in [-0.15, -0.1) is 0 Å². The molecular weight excluding hydrogens is 436 g/mol. The van der Waals surface area contributed by atoms with Crippen LogP contribution in [-0.2, 0) is 9.53 Å². The lowest BCUT2D eigenvalue weighted by molar-refractivity contribution is -0.114. The van der Waals surface area contributed by atoms with Gasteiger partial charge in [-0.2, -0.15) is 4.98 Å². The summed E-state index contributed by atoms with van der Waals surface area (Å²) in [7, 11) is 0. The summed E-state index contributed by atoms with van der Waals surface area (Å²) in [5.41, 5.74) is 3.64. The number of rotatable bonds is 7. The highest BCUT2D eigenvalue weighted by molar-refractivity contribution is 7.80. The van der Waals surface area contributed by atoms with Crippen molar-refractivity contribution in [1.82, 2.24) is 15.0 Å². The topological polar surface area (TPSA) is 92.3 Å². The first kappa shape index (κ1) is 23.0. The number of ether oxygens (including phenoxy) is 1. The van der Waals surface area contributed by atoms with Gasteiger partial charge in [0, 0.05) is 42.7 Å². The van der Waals surface area contributed by atoms with Crippen molar-refractivity contribution in [2.75, 3.05) is 35.2 Å². The highest BCUT2D eigenvalue weighted by Crippen LogP contribution is 2.26. The van der Waals surface area contributed by atoms with Crippen LogP contribution < -0.4 is 15.5 Å². The molecule has 172 valence electrons. The molecule has 1 aliphatic carbocycles. The van der Waals surface area contributed by atoms with Crippen LogP contribution in [0.2, 0.25) is 0 Å². The Balaban J connectivity index is 1.34. The van der Waals surface area contributed by atoms with E-state index >= 15 is 0 Å². The molecular formula is C24H28N6O2S. The Morgan fingerprint density at radius 1 is 1.24 bits per heavy atom. The van der Waals surface area contributed by atoms with E-state index in [1.807, 2.05) is 31.2 Å². The zero-order valence-electron chi connectivity index (χ0n) is 18.9. The first-order valence-electron chi connectivity index (χ1n) is 11.1. The van der Waals surface area contributed by atoms with E-state index in [9.17, 15) is 4.79 Å². The first-order chi connectivity index (χ1) is 16.0. The van der Waals surface area contributed by atoms with E-state index < -0.39 is 0 Å². The van der Waals surface area contributed by atoms with Crippen LogP contribution in [0.5, 0.6) is 0 Å². The average molecular weight is 465 g/mol. The van der Waals surface area contributed by atoms with Gasteiger partial charge >= 0.3 is 0 Å². The van der Waals surface area contributed by atoms with Gasteiger partial charge in [0.1, 0.15) is 6.33 Å². The number of anilines is 4. The van der Waals surface area contributed by atoms with E-state index in [1.54, 1.807) is 0 Å². The minimum absolute atomic E-state index is 0.111. The van der Waals surface area contributed by atoms with Gasteiger partial charge in [-0.05, 0) is 49.1 Å². The number of benzene rings is 1. The minimum Gasteiger partial charge on any atom is -0.373 e. The van der Waals surface area contributed by atoms with E-state index in [1.165, 1.54) is 13.3 Å². The van der Waals surface area contributed by atoms with Crippen LogP contribution in [0.25, 0.3) is 0 Å². The SMILES string of the molecule is CC(=O)Nc1cccc(Nc2ncnc(N3CCC(OCC4=CC(=S)CC=C4)CC3)n2)c1C. The number of nitrogens with zero attached hydrogens (tertiary/aromatic N) is 4. The number of piperidine rings is 1. The summed E-state index contributed by atoms with van der Waals surface area (Å²) in [4.78, 5) is 27.8. The molecule has 1 fully saturated rings. The van der Waals surface area contributed by atoms with Crippen molar-refractivity contribution < 1.29 is 9.53 Å². The Bertz CT molecular complexity index is 1090. The zero-order valence-corrected chi connectivity index (χ0v) is 19.7. The molecule has 2 aliphatic rings. The molecule has 1 amide bonds. The van der Waals surface area contributed by atoms with Gasteiger partial charge in [-0.3, -0.25) is 4.79 Å².